The minimum absolute atomic E-state index is 0.834. The molecule has 0 saturated heterocycles. The highest BCUT2D eigenvalue weighted by Crippen LogP contribution is 2.31. The molecule has 5 heteroatoms. The Morgan fingerprint density at radius 3 is 2.46 bits per heavy atom. The lowest BCUT2D eigenvalue weighted by Crippen LogP contribution is -1.98. The largest absolute Gasteiger partial charge is 0.497 e. The molecule has 0 amide bonds. The molecule has 4 nitrogen and oxygen atoms in total. The molecule has 0 aliphatic carbocycles. The molecule has 0 N–H and O–H groups in total. The Labute approximate surface area is 167 Å². The Balaban J connectivity index is 1.76. The van der Waals surface area contributed by atoms with E-state index >= 15 is 0 Å². The topological polar surface area (TPSA) is 44.1 Å². The average Bonchev–Trinajstić information content (AvgIpc) is 3.08. The Morgan fingerprint density at radius 2 is 1.75 bits per heavy atom. The lowest BCUT2D eigenvalue weighted by molar-refractivity contribution is 0.415. The van der Waals surface area contributed by atoms with Crippen LogP contribution in [0.1, 0.15) is 5.56 Å². The van der Waals surface area contributed by atoms with Gasteiger partial charge >= 0.3 is 0 Å². The number of ether oxygens (including phenoxy) is 1. The van der Waals surface area contributed by atoms with E-state index in [1.54, 1.807) is 13.4 Å². The first-order chi connectivity index (χ1) is 13.5. The number of imidazole rings is 1. The second-order valence-electron chi connectivity index (χ2n) is 6.88. The number of methoxy groups -OCH3 is 1. The van der Waals surface area contributed by atoms with E-state index in [-0.39, 0.29) is 0 Å². The molecule has 0 spiro atoms. The minimum Gasteiger partial charge on any atom is -0.497 e. The maximum atomic E-state index is 11.7. The van der Waals surface area contributed by atoms with E-state index in [2.05, 4.69) is 33.8 Å². The van der Waals surface area contributed by atoms with Crippen LogP contribution in [0.15, 0.2) is 65.7 Å². The zero-order chi connectivity index (χ0) is 19.8. The van der Waals surface area contributed by atoms with Crippen LogP contribution in [0.25, 0.3) is 33.4 Å². The molecule has 3 aromatic carbocycles. The van der Waals surface area contributed by atoms with Crippen LogP contribution in [0, 0.1) is 6.92 Å². The van der Waals surface area contributed by atoms with Gasteiger partial charge in [0.05, 0.1) is 19.0 Å². The number of fused-ring (bicyclic) bond motifs is 1. The molecule has 4 rings (SSSR count). The summed E-state index contributed by atoms with van der Waals surface area (Å²) in [5.41, 5.74) is 4.28. The third-order valence-electron chi connectivity index (χ3n) is 5.10. The van der Waals surface area contributed by atoms with Crippen molar-refractivity contribution >= 4 is 21.6 Å². The number of aryl methyl sites for hydroxylation is 1. The molecule has 0 radical (unpaired) electrons. The molecular weight excluding hydrogens is 368 g/mol. The zero-order valence-corrected chi connectivity index (χ0v) is 17.2. The number of rotatable bonds is 4. The van der Waals surface area contributed by atoms with E-state index in [0.717, 1.165) is 49.6 Å². The highest BCUT2D eigenvalue weighted by atomic mass is 32.2. The van der Waals surface area contributed by atoms with Gasteiger partial charge in [0.15, 0.2) is 0 Å². The van der Waals surface area contributed by atoms with Crippen LogP contribution in [0.5, 0.6) is 5.75 Å². The molecule has 0 aliphatic heterocycles. The summed E-state index contributed by atoms with van der Waals surface area (Å²) < 4.78 is 19.1. The summed E-state index contributed by atoms with van der Waals surface area (Å²) >= 11 is 0. The van der Waals surface area contributed by atoms with Gasteiger partial charge < -0.3 is 9.30 Å². The van der Waals surface area contributed by atoms with Crippen molar-refractivity contribution in [1.82, 2.24) is 9.55 Å². The first kappa shape index (κ1) is 18.4. The summed E-state index contributed by atoms with van der Waals surface area (Å²) in [6.07, 6.45) is 3.61. The van der Waals surface area contributed by atoms with Crippen LogP contribution >= 0.6 is 0 Å². The molecule has 1 atom stereocenters. The van der Waals surface area contributed by atoms with E-state index in [1.807, 2.05) is 50.5 Å². The second-order valence-corrected chi connectivity index (χ2v) is 8.26. The SMILES string of the molecule is COc1ccc2cc(-c3cnc(-c4ccc(S(C)=O)cc4C)n3C)ccc2c1. The molecule has 0 aliphatic rings. The average molecular weight is 391 g/mol. The van der Waals surface area contributed by atoms with Crippen molar-refractivity contribution in [2.75, 3.05) is 13.4 Å². The zero-order valence-electron chi connectivity index (χ0n) is 16.4. The summed E-state index contributed by atoms with van der Waals surface area (Å²) in [4.78, 5) is 5.51. The normalized spacial score (nSPS) is 12.3. The smallest absolute Gasteiger partial charge is 0.140 e. The molecule has 0 bridgehead atoms. The number of benzene rings is 3. The van der Waals surface area contributed by atoms with Crippen molar-refractivity contribution < 1.29 is 8.95 Å². The molecule has 1 aromatic heterocycles. The van der Waals surface area contributed by atoms with E-state index in [9.17, 15) is 4.21 Å². The van der Waals surface area contributed by atoms with Crippen LogP contribution in [0.2, 0.25) is 0 Å². The molecule has 0 fully saturated rings. The van der Waals surface area contributed by atoms with Crippen LogP contribution in [-0.4, -0.2) is 27.1 Å². The van der Waals surface area contributed by atoms with Gasteiger partial charge in [0.2, 0.25) is 0 Å². The van der Waals surface area contributed by atoms with Gasteiger partial charge in [-0.3, -0.25) is 4.21 Å². The van der Waals surface area contributed by atoms with E-state index in [0.29, 0.717) is 0 Å². The predicted octanol–water partition coefficient (Wildman–Crippen LogP) is 4.96. The lowest BCUT2D eigenvalue weighted by Gasteiger charge is -2.10. The fourth-order valence-corrected chi connectivity index (χ4v) is 4.11. The van der Waals surface area contributed by atoms with Crippen LogP contribution in [-0.2, 0) is 17.8 Å². The summed E-state index contributed by atoms with van der Waals surface area (Å²) in [7, 11) is 2.72. The van der Waals surface area contributed by atoms with Crippen LogP contribution in [0.3, 0.4) is 0 Å². The van der Waals surface area contributed by atoms with Crippen molar-refractivity contribution in [2.45, 2.75) is 11.8 Å². The summed E-state index contributed by atoms with van der Waals surface area (Å²) in [6, 6.07) is 18.4. The van der Waals surface area contributed by atoms with Gasteiger partial charge in [0.1, 0.15) is 11.6 Å². The predicted molar refractivity (Wildman–Crippen MR) is 115 cm³/mol. The Morgan fingerprint density at radius 1 is 1.00 bits per heavy atom. The lowest BCUT2D eigenvalue weighted by atomic mass is 10.0. The van der Waals surface area contributed by atoms with Gasteiger partial charge in [-0.15, -0.1) is 0 Å². The van der Waals surface area contributed by atoms with E-state index < -0.39 is 10.8 Å². The third-order valence-corrected chi connectivity index (χ3v) is 6.02. The number of hydrogen-bond acceptors (Lipinski definition) is 3. The van der Waals surface area contributed by atoms with Gasteiger partial charge in [0, 0.05) is 40.1 Å². The number of aromatic nitrogens is 2. The van der Waals surface area contributed by atoms with Gasteiger partial charge in [0.25, 0.3) is 0 Å². The van der Waals surface area contributed by atoms with Gasteiger partial charge in [-0.1, -0.05) is 18.2 Å². The highest BCUT2D eigenvalue weighted by Gasteiger charge is 2.14. The van der Waals surface area contributed by atoms with Crippen molar-refractivity contribution in [3.63, 3.8) is 0 Å². The quantitative estimate of drug-likeness (QED) is 0.495. The standard InChI is InChI=1S/C23H22N2O2S/c1-15-11-20(28(4)26)9-10-21(15)23-24-14-22(25(23)2)18-6-5-17-13-19(27-3)8-7-16(17)12-18/h5-14H,1-4H3. The summed E-state index contributed by atoms with van der Waals surface area (Å²) in [5, 5.41) is 2.30. The summed E-state index contributed by atoms with van der Waals surface area (Å²) in [6.45, 7) is 2.03. The van der Waals surface area contributed by atoms with E-state index in [4.69, 9.17) is 4.74 Å². The summed E-state index contributed by atoms with van der Waals surface area (Å²) in [5.74, 6) is 1.76. The molecule has 28 heavy (non-hydrogen) atoms. The molecule has 0 saturated carbocycles. The molecule has 142 valence electrons. The first-order valence-electron chi connectivity index (χ1n) is 9.02. The van der Waals surface area contributed by atoms with Crippen molar-refractivity contribution in [2.24, 2.45) is 7.05 Å². The molecule has 1 heterocycles. The maximum Gasteiger partial charge on any atom is 0.140 e. The van der Waals surface area contributed by atoms with Gasteiger partial charge in [-0.2, -0.15) is 0 Å². The van der Waals surface area contributed by atoms with Crippen LogP contribution < -0.4 is 4.74 Å². The van der Waals surface area contributed by atoms with Crippen molar-refractivity contribution in [3.05, 3.63) is 66.4 Å². The molecular formula is C23H22N2O2S. The second kappa shape index (κ2) is 7.24. The number of hydrogen-bond donors (Lipinski definition) is 0. The monoisotopic (exact) mass is 390 g/mol. The number of nitrogens with zero attached hydrogens (tertiary/aromatic N) is 2. The minimum atomic E-state index is -0.986. The first-order valence-corrected chi connectivity index (χ1v) is 10.6. The third kappa shape index (κ3) is 3.22. The maximum absolute atomic E-state index is 11.7. The van der Waals surface area contributed by atoms with Crippen LogP contribution in [0.4, 0.5) is 0 Å². The van der Waals surface area contributed by atoms with E-state index in [1.165, 1.54) is 0 Å². The fourth-order valence-electron chi connectivity index (χ4n) is 3.50. The van der Waals surface area contributed by atoms with Gasteiger partial charge in [-0.05, 0) is 59.7 Å². The highest BCUT2D eigenvalue weighted by molar-refractivity contribution is 7.84. The van der Waals surface area contributed by atoms with Crippen molar-refractivity contribution in [3.8, 4) is 28.4 Å². The van der Waals surface area contributed by atoms with Crippen molar-refractivity contribution in [1.29, 1.82) is 0 Å². The Bertz CT molecular complexity index is 1210. The molecule has 4 aromatic rings. The fraction of sp³-hybridized carbons (Fsp3) is 0.174. The molecule has 1 unspecified atom stereocenters. The Kier molecular flexibility index (Phi) is 4.77. The Hall–Kier alpha value is -2.92. The van der Waals surface area contributed by atoms with Gasteiger partial charge in [-0.25, -0.2) is 4.98 Å².